The van der Waals surface area contributed by atoms with Gasteiger partial charge in [0.05, 0.1) is 51.3 Å². The molecule has 0 radical (unpaired) electrons. The van der Waals surface area contributed by atoms with Gasteiger partial charge in [-0.25, -0.2) is 4.21 Å². The van der Waals surface area contributed by atoms with E-state index in [0.29, 0.717) is 19.4 Å². The quantitative estimate of drug-likeness (QED) is 0.0905. The van der Waals surface area contributed by atoms with Crippen molar-refractivity contribution in [3.8, 4) is 24.7 Å². The molecule has 0 spiro atoms. The van der Waals surface area contributed by atoms with Crippen LogP contribution in [0.1, 0.15) is 113 Å². The van der Waals surface area contributed by atoms with E-state index in [1.54, 1.807) is 48.6 Å². The van der Waals surface area contributed by atoms with E-state index in [-0.39, 0.29) is 49.0 Å². The molecular weight excluding hydrogens is 893 g/mol. The molecule has 4 rings (SSSR count). The van der Waals surface area contributed by atoms with Gasteiger partial charge < -0.3 is 63.4 Å². The van der Waals surface area contributed by atoms with Crippen molar-refractivity contribution < 1.29 is 67.4 Å². The van der Waals surface area contributed by atoms with Crippen LogP contribution in [0.5, 0.6) is 0 Å². The van der Waals surface area contributed by atoms with Crippen molar-refractivity contribution in [2.75, 3.05) is 40.6 Å². The minimum atomic E-state index is -2.29. The third-order valence-corrected chi connectivity index (χ3v) is 18.0. The summed E-state index contributed by atoms with van der Waals surface area (Å²) >= 11 is 0. The molecule has 16 nitrogen and oxygen atoms in total. The van der Waals surface area contributed by atoms with Crippen LogP contribution in [0.25, 0.3) is 0 Å². The van der Waals surface area contributed by atoms with E-state index in [2.05, 4.69) is 11.8 Å². The van der Waals surface area contributed by atoms with Crippen molar-refractivity contribution in [3.63, 3.8) is 0 Å². The Kier molecular flexibility index (Phi) is 20.9. The predicted octanol–water partition coefficient (Wildman–Crippen LogP) is 3.41. The summed E-state index contributed by atoms with van der Waals surface area (Å²) in [4.78, 5) is 32.0. The van der Waals surface area contributed by atoms with Crippen LogP contribution in [0.4, 0.5) is 0 Å². The molecule has 18 heteroatoms. The zero-order chi connectivity index (χ0) is 49.5. The van der Waals surface area contributed by atoms with Crippen LogP contribution in [0.2, 0.25) is 0 Å². The van der Waals surface area contributed by atoms with Crippen LogP contribution in [0.3, 0.4) is 0 Å². The lowest BCUT2D eigenvalue weighted by atomic mass is 9.77. The number of hydrogen-bond donors (Lipinski definition) is 4. The molecule has 0 aliphatic carbocycles. The zero-order valence-corrected chi connectivity index (χ0v) is 42.9. The van der Waals surface area contributed by atoms with Gasteiger partial charge in [-0.3, -0.25) is 9.59 Å². The number of likely N-dealkylation sites (N-methyl/N-ethyl adjacent to an activating group) is 2. The summed E-state index contributed by atoms with van der Waals surface area (Å²) in [7, 11) is 7.56. The summed E-state index contributed by atoms with van der Waals surface area (Å²) < 4.78 is 56.9. The van der Waals surface area contributed by atoms with Gasteiger partial charge in [0.2, 0.25) is 0 Å². The number of carbonyl (C=O) groups excluding carboxylic acids is 2. The number of methoxy groups -OCH3 is 1. The summed E-state index contributed by atoms with van der Waals surface area (Å²) in [5, 5.41) is 47.8. The van der Waals surface area contributed by atoms with Gasteiger partial charge in [0.15, 0.2) is 24.3 Å². The summed E-state index contributed by atoms with van der Waals surface area (Å²) in [5.41, 5.74) is -5.21. The number of hydrogen-bond acceptors (Lipinski definition) is 17. The Morgan fingerprint density at radius 3 is 2.29 bits per heavy atom. The van der Waals surface area contributed by atoms with Gasteiger partial charge in [0.25, 0.3) is 0 Å². The summed E-state index contributed by atoms with van der Waals surface area (Å²) in [5.74, 6) is 2.05. The van der Waals surface area contributed by atoms with Gasteiger partial charge in [0.1, 0.15) is 24.4 Å². The van der Waals surface area contributed by atoms with E-state index in [9.17, 15) is 34.2 Å². The number of aliphatic hydroxyl groups is 4. The van der Waals surface area contributed by atoms with Crippen LogP contribution in [-0.2, 0) is 52.6 Å². The number of carbonyl (C=O) groups is 2. The third kappa shape index (κ3) is 13.5. The SMILES string of the molecule is C#C[C@@H]1O[C@@H](O[C@H]2[C@H](C)[C@@H](O[C@@H]3O[C@H](C)C[C@H](N(C)C)[C@H]3OC(=O)CCCC[C@@H]3CCSS3=O)[C@](C)(O)C[C@@H](C)CN(C)[C@H](C)[C@@H](O)[C@@](O)(C#C)[C@@H](CC)OC(=O)[C@@H]2C)C[C@@](C)(OC)[C@H]1O. The molecule has 0 amide bonds. The van der Waals surface area contributed by atoms with Crippen molar-refractivity contribution in [1.29, 1.82) is 0 Å². The molecule has 4 aliphatic heterocycles. The standard InChI is InChI=1S/C48H80N2O14S2/c1-15-35-42(53)47(10,58-14)26-38(60-35)63-39-30(6)43(46(9,55)25-28(4)27-50(13)32(8)41(52)48(56,17-3)36(16-2)61-44(54)31(39)7)64-45-40(34(49(11)12)24-29(5)59-45)62-37(51)21-19-18-20-33-22-23-65-66(33)57/h1,3,28-36,38-43,45,52-53,55-56H,16,18-27H2,2,4-14H3/t28-,29-,30+,31-,32-,33-,34+,35+,36-,38+,39+,40-,41-,42+,43-,45+,46-,47-,48-,66?/m1/s1. The molecule has 1 unspecified atom stereocenters. The fraction of sp³-hybridized carbons (Fsp3) is 0.875. The molecule has 66 heavy (non-hydrogen) atoms. The topological polar surface area (TPSA) is 203 Å². The number of terminal acetylenes is 2. The van der Waals surface area contributed by atoms with Gasteiger partial charge in [-0.15, -0.1) is 12.8 Å². The number of unbranched alkanes of at least 4 members (excludes halogenated alkanes) is 1. The highest BCUT2D eigenvalue weighted by Crippen LogP contribution is 2.41. The smallest absolute Gasteiger partial charge is 0.311 e. The molecule has 0 aromatic heterocycles. The number of aliphatic hydroxyl groups excluding tert-OH is 2. The second-order valence-electron chi connectivity index (χ2n) is 20.0. The normalized spacial score (nSPS) is 44.7. The minimum Gasteiger partial charge on any atom is -0.458 e. The molecule has 4 heterocycles. The lowest BCUT2D eigenvalue weighted by Gasteiger charge is -2.49. The van der Waals surface area contributed by atoms with Gasteiger partial charge >= 0.3 is 11.9 Å². The number of nitrogens with zero attached hydrogens (tertiary/aromatic N) is 2. The maximum absolute atomic E-state index is 14.6. The monoisotopic (exact) mass is 973 g/mol. The Morgan fingerprint density at radius 1 is 1.03 bits per heavy atom. The summed E-state index contributed by atoms with van der Waals surface area (Å²) in [6.07, 6.45) is 4.22. The lowest BCUT2D eigenvalue weighted by Crippen LogP contribution is -2.61. The van der Waals surface area contributed by atoms with Crippen molar-refractivity contribution >= 4 is 32.6 Å². The van der Waals surface area contributed by atoms with Crippen LogP contribution in [0, 0.1) is 42.4 Å². The van der Waals surface area contributed by atoms with E-state index in [0.717, 1.165) is 25.0 Å². The van der Waals surface area contributed by atoms with Crippen LogP contribution >= 0.6 is 10.8 Å². The Labute approximate surface area is 400 Å². The van der Waals surface area contributed by atoms with Crippen molar-refractivity contribution in [2.24, 2.45) is 17.8 Å². The van der Waals surface area contributed by atoms with Crippen molar-refractivity contribution in [1.82, 2.24) is 9.80 Å². The highest BCUT2D eigenvalue weighted by Gasteiger charge is 2.54. The van der Waals surface area contributed by atoms with Gasteiger partial charge in [-0.05, 0) is 100 Å². The van der Waals surface area contributed by atoms with Crippen molar-refractivity contribution in [2.45, 2.75) is 209 Å². The third-order valence-electron chi connectivity index (χ3n) is 14.4. The Hall–Kier alpha value is -1.88. The first-order valence-corrected chi connectivity index (χ1v) is 26.3. The molecule has 0 aromatic rings. The van der Waals surface area contributed by atoms with E-state index in [4.69, 9.17) is 46.0 Å². The highest BCUT2D eigenvalue weighted by atomic mass is 33.1. The van der Waals surface area contributed by atoms with E-state index in [1.165, 1.54) is 17.9 Å². The van der Waals surface area contributed by atoms with Gasteiger partial charge in [-0.2, -0.15) is 0 Å². The largest absolute Gasteiger partial charge is 0.458 e. The second kappa shape index (κ2) is 24.3. The summed E-state index contributed by atoms with van der Waals surface area (Å²) in [6.45, 7) is 14.2. The first-order chi connectivity index (χ1) is 30.9. The number of ether oxygens (including phenoxy) is 7. The molecule has 0 aromatic carbocycles. The maximum Gasteiger partial charge on any atom is 0.311 e. The molecule has 0 bridgehead atoms. The highest BCUT2D eigenvalue weighted by molar-refractivity contribution is 8.69. The Bertz CT molecular complexity index is 1710. The van der Waals surface area contributed by atoms with Crippen LogP contribution < -0.4 is 0 Å². The van der Waals surface area contributed by atoms with Crippen LogP contribution in [-0.4, -0.2) is 182 Å². The molecule has 4 fully saturated rings. The summed E-state index contributed by atoms with van der Waals surface area (Å²) in [6, 6.07) is -1.07. The molecule has 4 aliphatic rings. The number of cyclic esters (lactones) is 1. The van der Waals surface area contributed by atoms with Crippen molar-refractivity contribution in [3.05, 3.63) is 0 Å². The lowest BCUT2D eigenvalue weighted by molar-refractivity contribution is -0.316. The molecular formula is C48H80N2O14S2. The van der Waals surface area contributed by atoms with Gasteiger partial charge in [0, 0.05) is 49.5 Å². The molecule has 0 saturated carbocycles. The van der Waals surface area contributed by atoms with E-state index < -0.39 is 112 Å². The minimum absolute atomic E-state index is 0.0130. The zero-order valence-electron chi connectivity index (χ0n) is 41.3. The molecule has 378 valence electrons. The fourth-order valence-corrected chi connectivity index (χ4v) is 13.7. The molecule has 4 saturated heterocycles. The molecule has 4 N–H and O–H groups in total. The van der Waals surface area contributed by atoms with E-state index in [1.807, 2.05) is 37.7 Å². The maximum atomic E-state index is 14.6. The van der Waals surface area contributed by atoms with E-state index >= 15 is 0 Å². The first kappa shape index (κ1) is 56.7. The molecule has 20 atom stereocenters. The number of esters is 2. The Morgan fingerprint density at radius 2 is 1.71 bits per heavy atom. The number of rotatable bonds is 13. The van der Waals surface area contributed by atoms with Gasteiger partial charge in [-0.1, -0.05) is 49.8 Å². The fourth-order valence-electron chi connectivity index (χ4n) is 10.2. The Balaban J connectivity index is 1.81. The van der Waals surface area contributed by atoms with Crippen LogP contribution in [0.15, 0.2) is 0 Å². The second-order valence-corrected chi connectivity index (χ2v) is 23.5. The predicted molar refractivity (Wildman–Crippen MR) is 252 cm³/mol. The first-order valence-electron chi connectivity index (χ1n) is 23.6. The average Bonchev–Trinajstić information content (AvgIpc) is 3.68. The average molecular weight is 973 g/mol.